The maximum atomic E-state index is 5.91. The minimum atomic E-state index is -0.517. The van der Waals surface area contributed by atoms with Crippen LogP contribution in [0.25, 0.3) is 22.0 Å². The number of hydrogen-bond acceptors (Lipinski definition) is 4. The van der Waals surface area contributed by atoms with Gasteiger partial charge >= 0.3 is 0 Å². The summed E-state index contributed by atoms with van der Waals surface area (Å²) in [4.78, 5) is 8.74. The molecule has 112 valence electrons. The lowest BCUT2D eigenvalue weighted by Crippen LogP contribution is -2.22. The molecule has 0 saturated carbocycles. The molecule has 22 heavy (non-hydrogen) atoms. The van der Waals surface area contributed by atoms with E-state index >= 15 is 0 Å². The van der Waals surface area contributed by atoms with Crippen molar-refractivity contribution in [3.8, 4) is 11.3 Å². The van der Waals surface area contributed by atoms with Crippen molar-refractivity contribution in [2.75, 3.05) is 12.8 Å². The number of fused-ring (bicyclic) bond motifs is 1. The van der Waals surface area contributed by atoms with Crippen LogP contribution in [0, 0.1) is 0 Å². The highest BCUT2D eigenvalue weighted by Gasteiger charge is 2.23. The van der Waals surface area contributed by atoms with Gasteiger partial charge in [-0.25, -0.2) is 9.97 Å². The van der Waals surface area contributed by atoms with Crippen LogP contribution in [0.4, 0.5) is 5.95 Å². The molecule has 0 aliphatic carbocycles. The van der Waals surface area contributed by atoms with Crippen molar-refractivity contribution >= 4 is 16.7 Å². The summed E-state index contributed by atoms with van der Waals surface area (Å²) in [7, 11) is 1.66. The zero-order valence-electron chi connectivity index (χ0n) is 13.0. The van der Waals surface area contributed by atoms with Crippen molar-refractivity contribution in [3.05, 3.63) is 54.2 Å². The first-order valence-electron chi connectivity index (χ1n) is 7.19. The molecule has 4 nitrogen and oxygen atoms in total. The number of anilines is 1. The molecule has 2 aromatic carbocycles. The van der Waals surface area contributed by atoms with Crippen LogP contribution in [0.3, 0.4) is 0 Å². The molecule has 1 heterocycles. The van der Waals surface area contributed by atoms with E-state index in [1.54, 1.807) is 7.11 Å². The average molecular weight is 293 g/mol. The Morgan fingerprint density at radius 2 is 1.73 bits per heavy atom. The minimum Gasteiger partial charge on any atom is -0.373 e. The molecular formula is C18H19N3O. The average Bonchev–Trinajstić information content (AvgIpc) is 2.53. The minimum absolute atomic E-state index is 0.255. The van der Waals surface area contributed by atoms with Crippen LogP contribution in [-0.4, -0.2) is 17.1 Å². The standard InChI is InChI=1S/C18H19N3O/c1-18(2,22-3)16-11-15(20-17(19)21-16)14-10-6-8-12-7-4-5-9-13(12)14/h4-11H,1-3H3,(H2,19,20,21). The van der Waals surface area contributed by atoms with Crippen molar-refractivity contribution < 1.29 is 4.74 Å². The van der Waals surface area contributed by atoms with E-state index in [9.17, 15) is 0 Å². The van der Waals surface area contributed by atoms with E-state index < -0.39 is 5.60 Å². The molecule has 0 spiro atoms. The number of rotatable bonds is 3. The Hall–Kier alpha value is -2.46. The summed E-state index contributed by atoms with van der Waals surface area (Å²) in [6.07, 6.45) is 0. The topological polar surface area (TPSA) is 61.0 Å². The molecule has 0 bridgehead atoms. The van der Waals surface area contributed by atoms with Crippen molar-refractivity contribution in [1.82, 2.24) is 9.97 Å². The predicted molar refractivity (Wildman–Crippen MR) is 89.4 cm³/mol. The first-order chi connectivity index (χ1) is 10.5. The molecule has 0 fully saturated rings. The quantitative estimate of drug-likeness (QED) is 0.798. The number of aromatic nitrogens is 2. The molecule has 0 aliphatic heterocycles. The molecule has 0 aliphatic rings. The van der Waals surface area contributed by atoms with Gasteiger partial charge in [-0.15, -0.1) is 0 Å². The number of benzene rings is 2. The monoisotopic (exact) mass is 293 g/mol. The Morgan fingerprint density at radius 3 is 2.50 bits per heavy atom. The third-order valence-electron chi connectivity index (χ3n) is 3.94. The van der Waals surface area contributed by atoms with Gasteiger partial charge in [-0.05, 0) is 30.7 Å². The fourth-order valence-corrected chi connectivity index (χ4v) is 2.47. The zero-order valence-corrected chi connectivity index (χ0v) is 13.0. The molecule has 0 saturated heterocycles. The Bertz CT molecular complexity index is 822. The summed E-state index contributed by atoms with van der Waals surface area (Å²) in [5.74, 6) is 0.255. The number of nitrogen functional groups attached to an aromatic ring is 1. The molecule has 0 atom stereocenters. The van der Waals surface area contributed by atoms with E-state index in [2.05, 4.69) is 28.2 Å². The lowest BCUT2D eigenvalue weighted by Gasteiger charge is -2.23. The molecule has 3 aromatic rings. The van der Waals surface area contributed by atoms with E-state index in [0.29, 0.717) is 0 Å². The second-order valence-electron chi connectivity index (χ2n) is 5.74. The second kappa shape index (κ2) is 5.39. The zero-order chi connectivity index (χ0) is 15.7. The van der Waals surface area contributed by atoms with Crippen LogP contribution in [-0.2, 0) is 10.3 Å². The van der Waals surface area contributed by atoms with E-state index in [4.69, 9.17) is 10.5 Å². The summed E-state index contributed by atoms with van der Waals surface area (Å²) < 4.78 is 5.51. The number of ether oxygens (including phenoxy) is 1. The Labute approximate surface area is 130 Å². The molecule has 0 amide bonds. The van der Waals surface area contributed by atoms with Gasteiger partial charge in [0.2, 0.25) is 5.95 Å². The molecule has 0 unspecified atom stereocenters. The van der Waals surface area contributed by atoms with Gasteiger partial charge in [0.1, 0.15) is 5.60 Å². The Morgan fingerprint density at radius 1 is 1.00 bits per heavy atom. The van der Waals surface area contributed by atoms with Gasteiger partial charge in [0, 0.05) is 12.7 Å². The number of hydrogen-bond donors (Lipinski definition) is 1. The summed E-state index contributed by atoms with van der Waals surface area (Å²) in [5, 5.41) is 2.31. The van der Waals surface area contributed by atoms with Crippen molar-refractivity contribution in [2.45, 2.75) is 19.4 Å². The highest BCUT2D eigenvalue weighted by molar-refractivity contribution is 5.95. The second-order valence-corrected chi connectivity index (χ2v) is 5.74. The SMILES string of the molecule is COC(C)(C)c1cc(-c2cccc3ccccc23)nc(N)n1. The van der Waals surface area contributed by atoms with E-state index in [1.807, 2.05) is 44.2 Å². The molecular weight excluding hydrogens is 274 g/mol. The van der Waals surface area contributed by atoms with Crippen molar-refractivity contribution in [3.63, 3.8) is 0 Å². The lowest BCUT2D eigenvalue weighted by molar-refractivity contribution is 0.0155. The normalized spacial score (nSPS) is 11.8. The molecule has 4 heteroatoms. The maximum Gasteiger partial charge on any atom is 0.220 e. The summed E-state index contributed by atoms with van der Waals surface area (Å²) in [6, 6.07) is 16.3. The summed E-state index contributed by atoms with van der Waals surface area (Å²) in [6.45, 7) is 3.92. The smallest absolute Gasteiger partial charge is 0.220 e. The summed E-state index contributed by atoms with van der Waals surface area (Å²) in [5.41, 5.74) is 8.02. The van der Waals surface area contributed by atoms with Crippen molar-refractivity contribution in [1.29, 1.82) is 0 Å². The molecule has 0 radical (unpaired) electrons. The fraction of sp³-hybridized carbons (Fsp3) is 0.222. The fourth-order valence-electron chi connectivity index (χ4n) is 2.47. The largest absolute Gasteiger partial charge is 0.373 e. The van der Waals surface area contributed by atoms with Crippen LogP contribution in [0.15, 0.2) is 48.5 Å². The van der Waals surface area contributed by atoms with Crippen molar-refractivity contribution in [2.24, 2.45) is 0 Å². The highest BCUT2D eigenvalue weighted by Crippen LogP contribution is 2.30. The molecule has 1 aromatic heterocycles. The van der Waals surface area contributed by atoms with E-state index in [1.165, 1.54) is 5.39 Å². The number of nitrogens with zero attached hydrogens (tertiary/aromatic N) is 2. The van der Waals surface area contributed by atoms with Gasteiger partial charge in [-0.2, -0.15) is 0 Å². The van der Waals surface area contributed by atoms with Gasteiger partial charge in [0.15, 0.2) is 0 Å². The predicted octanol–water partition coefficient (Wildman–Crippen LogP) is 3.76. The van der Waals surface area contributed by atoms with Crippen LogP contribution in [0.2, 0.25) is 0 Å². The van der Waals surface area contributed by atoms with Gasteiger partial charge in [-0.3, -0.25) is 0 Å². The highest BCUT2D eigenvalue weighted by atomic mass is 16.5. The number of nitrogens with two attached hydrogens (primary N) is 1. The molecule has 3 rings (SSSR count). The van der Waals surface area contributed by atoms with Gasteiger partial charge < -0.3 is 10.5 Å². The first-order valence-corrected chi connectivity index (χ1v) is 7.19. The van der Waals surface area contributed by atoms with E-state index in [-0.39, 0.29) is 5.95 Å². The van der Waals surface area contributed by atoms with Crippen LogP contribution < -0.4 is 5.73 Å². The van der Waals surface area contributed by atoms with E-state index in [0.717, 1.165) is 22.3 Å². The van der Waals surface area contributed by atoms with Crippen LogP contribution in [0.5, 0.6) is 0 Å². The van der Waals surface area contributed by atoms with Gasteiger partial charge in [-0.1, -0.05) is 42.5 Å². The Kier molecular flexibility index (Phi) is 3.54. The van der Waals surface area contributed by atoms with Gasteiger partial charge in [0.25, 0.3) is 0 Å². The Balaban J connectivity index is 2.23. The first kappa shape index (κ1) is 14.5. The number of methoxy groups -OCH3 is 1. The summed E-state index contributed by atoms with van der Waals surface area (Å²) >= 11 is 0. The van der Waals surface area contributed by atoms with Crippen LogP contribution >= 0.6 is 0 Å². The molecule has 2 N–H and O–H groups in total. The maximum absolute atomic E-state index is 5.91. The third-order valence-corrected chi connectivity index (χ3v) is 3.94. The lowest BCUT2D eigenvalue weighted by atomic mass is 9.99. The third kappa shape index (κ3) is 2.53. The van der Waals surface area contributed by atoms with Gasteiger partial charge in [0.05, 0.1) is 11.4 Å². The van der Waals surface area contributed by atoms with Crippen LogP contribution in [0.1, 0.15) is 19.5 Å².